The standard InChI is InChI=1S/C32H37N3O8/c1-14(2)34-13-15-6-9-22(43-5)18(10-15)17-7-8-21(36)24-19(17)11-16-12-20-26(35(3)4)28(38)25(31(33)41)30(40)32(20,42)29(39)23(16)27(24)37/h6-10,14,16,20,23,25-26,34,36,42H,11-13H2,1-5H3,(H2,33,41)/t16-,20-,23?,25?,26?,32-/m1/s1. The van der Waals surface area contributed by atoms with Crippen LogP contribution in [-0.2, 0) is 32.1 Å². The number of nitrogens with zero attached hydrogens (tertiary/aromatic N) is 1. The van der Waals surface area contributed by atoms with Crippen LogP contribution in [-0.4, -0.2) is 83.0 Å². The number of rotatable bonds is 7. The zero-order valence-electron chi connectivity index (χ0n) is 24.8. The van der Waals surface area contributed by atoms with Gasteiger partial charge < -0.3 is 26.0 Å². The topological polar surface area (TPSA) is 176 Å². The summed E-state index contributed by atoms with van der Waals surface area (Å²) in [6, 6.07) is 7.90. The number of benzene rings is 2. The van der Waals surface area contributed by atoms with Gasteiger partial charge >= 0.3 is 0 Å². The number of phenolic OH excluding ortho intramolecular Hbond substituents is 1. The number of methoxy groups -OCH3 is 1. The Morgan fingerprint density at radius 2 is 1.81 bits per heavy atom. The molecule has 6 atom stereocenters. The van der Waals surface area contributed by atoms with Crippen LogP contribution in [0.4, 0.5) is 0 Å². The van der Waals surface area contributed by atoms with Crippen LogP contribution >= 0.6 is 0 Å². The Hall–Kier alpha value is -3.93. The van der Waals surface area contributed by atoms with E-state index >= 15 is 0 Å². The summed E-state index contributed by atoms with van der Waals surface area (Å²) in [5, 5.41) is 26.0. The van der Waals surface area contributed by atoms with E-state index in [1.165, 1.54) is 18.1 Å². The first-order valence-corrected chi connectivity index (χ1v) is 14.3. The number of aromatic hydroxyl groups is 1. The van der Waals surface area contributed by atoms with Crippen molar-refractivity contribution in [2.75, 3.05) is 21.2 Å². The lowest BCUT2D eigenvalue weighted by Gasteiger charge is -2.52. The summed E-state index contributed by atoms with van der Waals surface area (Å²) >= 11 is 0. The monoisotopic (exact) mass is 591 g/mol. The van der Waals surface area contributed by atoms with Gasteiger partial charge in [-0.1, -0.05) is 26.0 Å². The molecule has 5 N–H and O–H groups in total. The van der Waals surface area contributed by atoms with E-state index in [1.54, 1.807) is 20.2 Å². The van der Waals surface area contributed by atoms with Gasteiger partial charge in [-0.15, -0.1) is 0 Å². The van der Waals surface area contributed by atoms with Crippen LogP contribution in [0, 0.1) is 23.7 Å². The normalized spacial score (nSPS) is 28.5. The van der Waals surface area contributed by atoms with Crippen LogP contribution in [0.5, 0.6) is 11.5 Å². The van der Waals surface area contributed by atoms with E-state index in [0.717, 1.165) is 5.56 Å². The second kappa shape index (κ2) is 11.0. The van der Waals surface area contributed by atoms with E-state index in [0.29, 0.717) is 29.0 Å². The fourth-order valence-electron chi connectivity index (χ4n) is 7.25. The molecule has 5 rings (SSSR count). The van der Waals surface area contributed by atoms with Crippen molar-refractivity contribution < 1.29 is 38.9 Å². The first-order chi connectivity index (χ1) is 20.2. The Labute approximate surface area is 249 Å². The molecule has 2 aromatic carbocycles. The molecule has 0 heterocycles. The number of hydrogen-bond acceptors (Lipinski definition) is 10. The summed E-state index contributed by atoms with van der Waals surface area (Å²) < 4.78 is 5.66. The Balaban J connectivity index is 1.64. The Kier molecular flexibility index (Phi) is 7.78. The molecule has 0 radical (unpaired) electrons. The van der Waals surface area contributed by atoms with Crippen molar-refractivity contribution in [1.29, 1.82) is 0 Å². The zero-order valence-corrected chi connectivity index (χ0v) is 24.8. The number of phenols is 1. The molecule has 2 aromatic rings. The zero-order chi connectivity index (χ0) is 31.5. The van der Waals surface area contributed by atoms with E-state index in [1.807, 2.05) is 32.0 Å². The molecule has 43 heavy (non-hydrogen) atoms. The quantitative estimate of drug-likeness (QED) is 0.340. The molecule has 0 aliphatic heterocycles. The number of primary amides is 1. The number of nitrogens with two attached hydrogens (primary N) is 1. The first kappa shape index (κ1) is 30.5. The van der Waals surface area contributed by atoms with E-state index in [2.05, 4.69) is 5.32 Å². The Bertz CT molecular complexity index is 1550. The van der Waals surface area contributed by atoms with Gasteiger partial charge in [-0.2, -0.15) is 0 Å². The van der Waals surface area contributed by atoms with Crippen LogP contribution in [0.3, 0.4) is 0 Å². The third-order valence-corrected chi connectivity index (χ3v) is 9.21. The predicted octanol–water partition coefficient (Wildman–Crippen LogP) is 1.04. The van der Waals surface area contributed by atoms with Gasteiger partial charge in [0.05, 0.1) is 24.6 Å². The van der Waals surface area contributed by atoms with Crippen LogP contribution in [0.15, 0.2) is 30.3 Å². The lowest BCUT2D eigenvalue weighted by molar-refractivity contribution is -0.181. The maximum atomic E-state index is 14.1. The molecule has 2 saturated carbocycles. The van der Waals surface area contributed by atoms with Gasteiger partial charge in [-0.3, -0.25) is 28.9 Å². The van der Waals surface area contributed by atoms with Crippen LogP contribution in [0.25, 0.3) is 11.1 Å². The highest BCUT2D eigenvalue weighted by atomic mass is 16.5. The largest absolute Gasteiger partial charge is 0.507 e. The lowest BCUT2D eigenvalue weighted by Crippen LogP contribution is -2.74. The summed E-state index contributed by atoms with van der Waals surface area (Å²) in [6.07, 6.45) is 0.141. The average molecular weight is 592 g/mol. The van der Waals surface area contributed by atoms with Crippen LogP contribution in [0.2, 0.25) is 0 Å². The van der Waals surface area contributed by atoms with E-state index in [9.17, 15) is 34.2 Å². The molecule has 0 aromatic heterocycles. The molecule has 3 unspecified atom stereocenters. The molecular formula is C32H37N3O8. The van der Waals surface area contributed by atoms with Crippen molar-refractivity contribution in [2.45, 2.75) is 50.9 Å². The summed E-state index contributed by atoms with van der Waals surface area (Å²) in [5.74, 6) is -10.2. The molecule has 2 fully saturated rings. The van der Waals surface area contributed by atoms with Gasteiger partial charge in [0.1, 0.15) is 11.5 Å². The summed E-state index contributed by atoms with van der Waals surface area (Å²) in [4.78, 5) is 68.5. The number of carbonyl (C=O) groups is 5. The van der Waals surface area contributed by atoms with Crippen molar-refractivity contribution in [3.05, 3.63) is 47.0 Å². The van der Waals surface area contributed by atoms with E-state index < -0.39 is 64.4 Å². The fraction of sp³-hybridized carbons (Fsp3) is 0.469. The van der Waals surface area contributed by atoms with Gasteiger partial charge in [0.15, 0.2) is 34.7 Å². The minimum absolute atomic E-state index is 0.0194. The molecule has 3 aliphatic carbocycles. The number of fused-ring (bicyclic) bond motifs is 3. The Morgan fingerprint density at radius 3 is 2.42 bits per heavy atom. The fourth-order valence-corrected chi connectivity index (χ4v) is 7.25. The highest BCUT2D eigenvalue weighted by molar-refractivity contribution is 6.32. The number of amides is 1. The number of hydrogen-bond donors (Lipinski definition) is 4. The van der Waals surface area contributed by atoms with Gasteiger partial charge in [0.25, 0.3) is 0 Å². The van der Waals surface area contributed by atoms with Crippen LogP contribution < -0.4 is 15.8 Å². The maximum absolute atomic E-state index is 14.1. The van der Waals surface area contributed by atoms with E-state index in [-0.39, 0.29) is 30.2 Å². The number of aliphatic hydroxyl groups is 1. The molecule has 11 nitrogen and oxygen atoms in total. The number of nitrogens with one attached hydrogen (secondary N) is 1. The van der Waals surface area contributed by atoms with Crippen molar-refractivity contribution in [3.8, 4) is 22.6 Å². The van der Waals surface area contributed by atoms with E-state index in [4.69, 9.17) is 10.5 Å². The van der Waals surface area contributed by atoms with Gasteiger partial charge in [0, 0.05) is 24.1 Å². The molecule has 0 bridgehead atoms. The average Bonchev–Trinajstić information content (AvgIpc) is 2.93. The minimum atomic E-state index is -2.76. The van der Waals surface area contributed by atoms with Crippen molar-refractivity contribution in [3.63, 3.8) is 0 Å². The van der Waals surface area contributed by atoms with Crippen molar-refractivity contribution in [1.82, 2.24) is 10.2 Å². The van der Waals surface area contributed by atoms with Crippen molar-refractivity contribution >= 4 is 29.0 Å². The SMILES string of the molecule is COc1ccc(CNC(C)C)cc1-c1ccc(O)c2c1C[C@@H]1C[C@@H]3C(N(C)C)C(=O)C(C(N)=O)C(=O)[C@]3(O)C(=O)C1C2=O. The summed E-state index contributed by atoms with van der Waals surface area (Å²) in [7, 11) is 4.65. The minimum Gasteiger partial charge on any atom is -0.507 e. The van der Waals surface area contributed by atoms with Gasteiger partial charge in [-0.25, -0.2) is 0 Å². The number of ether oxygens (including phenoxy) is 1. The maximum Gasteiger partial charge on any atom is 0.235 e. The molecule has 0 saturated heterocycles. The summed E-state index contributed by atoms with van der Waals surface area (Å²) in [5.41, 5.74) is 5.40. The highest BCUT2D eigenvalue weighted by Gasteiger charge is 2.69. The van der Waals surface area contributed by atoms with Crippen molar-refractivity contribution in [2.24, 2.45) is 29.4 Å². The molecule has 228 valence electrons. The lowest BCUT2D eigenvalue weighted by atomic mass is 9.52. The third kappa shape index (κ3) is 4.66. The molecule has 0 spiro atoms. The third-order valence-electron chi connectivity index (χ3n) is 9.21. The van der Waals surface area contributed by atoms with Gasteiger partial charge in [-0.05, 0) is 67.7 Å². The van der Waals surface area contributed by atoms with Crippen LogP contribution in [0.1, 0.15) is 41.8 Å². The number of likely N-dealkylation sites (N-methyl/N-ethyl adjacent to an activating group) is 1. The number of carbonyl (C=O) groups excluding carboxylic acids is 5. The smallest absolute Gasteiger partial charge is 0.235 e. The molecule has 1 amide bonds. The summed E-state index contributed by atoms with van der Waals surface area (Å²) in [6.45, 7) is 4.67. The van der Waals surface area contributed by atoms with Gasteiger partial charge in [0.2, 0.25) is 5.91 Å². The molecule has 3 aliphatic rings. The Morgan fingerprint density at radius 1 is 1.12 bits per heavy atom. The molecule has 11 heteroatoms. The predicted molar refractivity (Wildman–Crippen MR) is 155 cm³/mol. The number of Topliss-reactive ketones (excluding diaryl/α,β-unsaturated/α-hetero) is 4. The molecular weight excluding hydrogens is 554 g/mol. The number of ketones is 4. The first-order valence-electron chi connectivity index (χ1n) is 14.3. The second-order valence-corrected chi connectivity index (χ2v) is 12.3. The second-order valence-electron chi connectivity index (χ2n) is 12.3. The highest BCUT2D eigenvalue weighted by Crippen LogP contribution is 2.52.